The zero-order valence-electron chi connectivity index (χ0n) is 35.3. The minimum atomic E-state index is -1.13. The zero-order chi connectivity index (χ0) is 42.8. The maximum atomic E-state index is 14.7. The number of thiazole rings is 1. The second kappa shape index (κ2) is 20.0. The van der Waals surface area contributed by atoms with Crippen LogP contribution in [0.5, 0.6) is 0 Å². The Morgan fingerprint density at radius 2 is 1.46 bits per heavy atom. The Labute approximate surface area is 340 Å². The van der Waals surface area contributed by atoms with Gasteiger partial charge in [0.15, 0.2) is 0 Å². The van der Waals surface area contributed by atoms with Crippen molar-refractivity contribution in [1.29, 1.82) is 0 Å². The van der Waals surface area contributed by atoms with E-state index in [4.69, 9.17) is 4.74 Å². The third-order valence-electron chi connectivity index (χ3n) is 9.82. The molecule has 0 saturated heterocycles. The number of ether oxygens (including phenoxy) is 1. The van der Waals surface area contributed by atoms with Gasteiger partial charge in [-0.05, 0) is 28.2 Å². The summed E-state index contributed by atoms with van der Waals surface area (Å²) in [7, 11) is 1.26. The lowest BCUT2D eigenvalue weighted by Crippen LogP contribution is -2.65. The molecule has 0 radical (unpaired) electrons. The van der Waals surface area contributed by atoms with E-state index in [-0.39, 0.29) is 24.1 Å². The first-order chi connectivity index (χ1) is 26.5. The SMILES string of the molecule is COC(=O)C[C@@H](NC(=O)[C@@H](NC(=O)C(NC1=NCC(=O)N[C@@H](C(C)C)C(=O)N[C@@H](C(C)C)C(=O)N[C@H]1C(C)(C)C)C(C)(C)C)[C@@H](C)c1ccccc1)c1nccs1. The Kier molecular flexibility index (Phi) is 16.3. The van der Waals surface area contributed by atoms with E-state index in [2.05, 4.69) is 41.9 Å². The van der Waals surface area contributed by atoms with Crippen LogP contribution in [0.3, 0.4) is 0 Å². The van der Waals surface area contributed by atoms with Crippen LogP contribution in [-0.4, -0.2) is 90.2 Å². The minimum absolute atomic E-state index is 0.172. The van der Waals surface area contributed by atoms with Crippen molar-refractivity contribution in [3.63, 3.8) is 0 Å². The summed E-state index contributed by atoms with van der Waals surface area (Å²) in [6.07, 6.45) is 1.40. The van der Waals surface area contributed by atoms with Gasteiger partial charge >= 0.3 is 5.97 Å². The Hall–Kier alpha value is -4.86. The van der Waals surface area contributed by atoms with Crippen LogP contribution in [0.1, 0.15) is 105 Å². The summed E-state index contributed by atoms with van der Waals surface area (Å²) in [5.74, 6) is -4.03. The van der Waals surface area contributed by atoms with Crippen LogP contribution in [0.15, 0.2) is 46.9 Å². The Morgan fingerprint density at radius 1 is 0.860 bits per heavy atom. The molecule has 15 nitrogen and oxygen atoms in total. The number of aliphatic imine (C=N–C) groups is 1. The predicted octanol–water partition coefficient (Wildman–Crippen LogP) is 3.38. The molecule has 3 rings (SSSR count). The molecule has 0 fully saturated rings. The second-order valence-electron chi connectivity index (χ2n) is 17.4. The van der Waals surface area contributed by atoms with Crippen molar-refractivity contribution in [2.45, 2.75) is 125 Å². The molecule has 7 atom stereocenters. The number of amidine groups is 1. The molecular weight excluding hydrogens is 749 g/mol. The Balaban J connectivity index is 2.10. The van der Waals surface area contributed by atoms with Crippen molar-refractivity contribution in [3.8, 4) is 0 Å². The summed E-state index contributed by atoms with van der Waals surface area (Å²) < 4.78 is 4.90. The van der Waals surface area contributed by atoms with Gasteiger partial charge in [-0.2, -0.15) is 0 Å². The topological polar surface area (TPSA) is 209 Å². The molecule has 5 amide bonds. The van der Waals surface area contributed by atoms with Gasteiger partial charge in [0.2, 0.25) is 29.5 Å². The summed E-state index contributed by atoms with van der Waals surface area (Å²) in [5, 5.41) is 20.2. The minimum Gasteiger partial charge on any atom is -0.469 e. The molecule has 314 valence electrons. The summed E-state index contributed by atoms with van der Waals surface area (Å²) in [6.45, 7) is 19.9. The number of hydrogen-bond acceptors (Lipinski definition) is 11. The van der Waals surface area contributed by atoms with E-state index in [1.165, 1.54) is 18.4 Å². The van der Waals surface area contributed by atoms with Crippen molar-refractivity contribution in [2.24, 2.45) is 27.7 Å². The molecule has 1 aliphatic heterocycles. The van der Waals surface area contributed by atoms with Gasteiger partial charge < -0.3 is 36.6 Å². The molecule has 16 heteroatoms. The standard InChI is InChI=1S/C41H62N8O7S/c1-22(2)29-35(52)46-30(23(3)4)36(53)49-32(40(6,7)8)34(43-21-27(50)45-29)48-33(41(9,10)11)38(55)47-31(24(5)25-16-14-13-15-17-25)37(54)44-26(20-28(51)56-12)39-42-18-19-57-39/h13-19,22-24,26,29-33H,20-21H2,1-12H3,(H,43,48)(H,44,54)(H,45,50)(H,46,52)(H,47,55)(H,49,53)/t24-,26+,29-,30-,31-,32+,33?/m0/s1. The van der Waals surface area contributed by atoms with Crippen LogP contribution in [0, 0.1) is 22.7 Å². The highest BCUT2D eigenvalue weighted by atomic mass is 32.1. The number of hydrogen-bond donors (Lipinski definition) is 6. The highest BCUT2D eigenvalue weighted by Crippen LogP contribution is 2.27. The van der Waals surface area contributed by atoms with Gasteiger partial charge in [0.1, 0.15) is 41.6 Å². The monoisotopic (exact) mass is 810 g/mol. The fraction of sp³-hybridized carbons (Fsp3) is 0.610. The van der Waals surface area contributed by atoms with Gasteiger partial charge in [0.05, 0.1) is 25.6 Å². The number of nitrogens with one attached hydrogen (secondary N) is 6. The molecule has 0 saturated carbocycles. The number of aromatic nitrogens is 1. The molecule has 0 bridgehead atoms. The molecular formula is C41H62N8O7S. The van der Waals surface area contributed by atoms with E-state index in [1.54, 1.807) is 25.4 Å². The van der Waals surface area contributed by atoms with Crippen LogP contribution >= 0.6 is 11.3 Å². The van der Waals surface area contributed by atoms with Crippen molar-refractivity contribution < 1.29 is 33.5 Å². The Bertz CT molecular complexity index is 1730. The quantitative estimate of drug-likeness (QED) is 0.174. The molecule has 0 aliphatic carbocycles. The molecule has 57 heavy (non-hydrogen) atoms. The van der Waals surface area contributed by atoms with Crippen LogP contribution in [-0.2, 0) is 33.5 Å². The van der Waals surface area contributed by atoms with Crippen LogP contribution < -0.4 is 31.9 Å². The molecule has 0 spiro atoms. The van der Waals surface area contributed by atoms with Crippen LogP contribution in [0.25, 0.3) is 0 Å². The highest BCUT2D eigenvalue weighted by molar-refractivity contribution is 7.09. The maximum Gasteiger partial charge on any atom is 0.308 e. The molecule has 2 heterocycles. The number of nitrogens with zero attached hydrogens (tertiary/aromatic N) is 2. The predicted molar refractivity (Wildman–Crippen MR) is 220 cm³/mol. The molecule has 1 unspecified atom stereocenters. The summed E-state index contributed by atoms with van der Waals surface area (Å²) in [4.78, 5) is 91.2. The van der Waals surface area contributed by atoms with E-state index in [0.717, 1.165) is 5.56 Å². The van der Waals surface area contributed by atoms with Gasteiger partial charge in [-0.1, -0.05) is 106 Å². The third-order valence-corrected chi connectivity index (χ3v) is 10.7. The van der Waals surface area contributed by atoms with E-state index in [1.807, 2.05) is 92.6 Å². The van der Waals surface area contributed by atoms with E-state index in [0.29, 0.717) is 5.01 Å². The number of amides is 5. The van der Waals surface area contributed by atoms with Gasteiger partial charge in [-0.15, -0.1) is 11.3 Å². The largest absolute Gasteiger partial charge is 0.469 e. The lowest BCUT2D eigenvalue weighted by atomic mass is 9.82. The summed E-state index contributed by atoms with van der Waals surface area (Å²) in [5.41, 5.74) is -0.733. The molecule has 2 aromatic rings. The lowest BCUT2D eigenvalue weighted by Gasteiger charge is -2.39. The smallest absolute Gasteiger partial charge is 0.308 e. The maximum absolute atomic E-state index is 14.7. The number of esters is 1. The third kappa shape index (κ3) is 13.1. The van der Waals surface area contributed by atoms with Crippen molar-refractivity contribution in [2.75, 3.05) is 13.7 Å². The van der Waals surface area contributed by atoms with Crippen LogP contribution in [0.4, 0.5) is 0 Å². The molecule has 1 aromatic heterocycles. The van der Waals surface area contributed by atoms with Crippen molar-refractivity contribution >= 4 is 52.7 Å². The number of carbonyl (C=O) groups excluding carboxylic acids is 6. The average Bonchev–Trinajstić information content (AvgIpc) is 3.67. The summed E-state index contributed by atoms with van der Waals surface area (Å²) >= 11 is 1.27. The molecule has 6 N–H and O–H groups in total. The number of methoxy groups -OCH3 is 1. The number of rotatable bonds is 12. The van der Waals surface area contributed by atoms with E-state index in [9.17, 15) is 28.8 Å². The van der Waals surface area contributed by atoms with Gasteiger partial charge in [0.25, 0.3) is 0 Å². The Morgan fingerprint density at radius 3 is 1.98 bits per heavy atom. The van der Waals surface area contributed by atoms with E-state index >= 15 is 0 Å². The molecule has 1 aromatic carbocycles. The average molecular weight is 811 g/mol. The molecule has 1 aliphatic rings. The van der Waals surface area contributed by atoms with Crippen molar-refractivity contribution in [3.05, 3.63) is 52.5 Å². The number of benzene rings is 1. The van der Waals surface area contributed by atoms with E-state index < -0.39 is 95.0 Å². The first-order valence-electron chi connectivity index (χ1n) is 19.4. The normalized spacial score (nSPS) is 20.6. The fourth-order valence-corrected chi connectivity index (χ4v) is 7.07. The highest BCUT2D eigenvalue weighted by Gasteiger charge is 2.42. The summed E-state index contributed by atoms with van der Waals surface area (Å²) in [6, 6.07) is 3.56. The first-order valence-corrected chi connectivity index (χ1v) is 20.3. The first kappa shape index (κ1) is 46.5. The lowest BCUT2D eigenvalue weighted by molar-refractivity contribution is -0.141. The van der Waals surface area contributed by atoms with Gasteiger partial charge in [0, 0.05) is 17.5 Å². The van der Waals surface area contributed by atoms with Crippen LogP contribution in [0.2, 0.25) is 0 Å². The zero-order valence-corrected chi connectivity index (χ0v) is 36.1. The fourth-order valence-electron chi connectivity index (χ4n) is 6.38. The second-order valence-corrected chi connectivity index (χ2v) is 18.3. The van der Waals surface area contributed by atoms with Gasteiger partial charge in [-0.25, -0.2) is 4.98 Å². The van der Waals surface area contributed by atoms with Crippen molar-refractivity contribution in [1.82, 2.24) is 36.9 Å². The number of carbonyl (C=O) groups is 6. The van der Waals surface area contributed by atoms with Gasteiger partial charge in [-0.3, -0.25) is 33.8 Å².